The highest BCUT2D eigenvalue weighted by Gasteiger charge is 2.36. The fourth-order valence-electron chi connectivity index (χ4n) is 4.06. The molecule has 116 valence electrons. The van der Waals surface area contributed by atoms with Crippen molar-refractivity contribution < 1.29 is 0 Å². The van der Waals surface area contributed by atoms with Gasteiger partial charge < -0.3 is 5.73 Å². The fraction of sp³-hybridized carbons (Fsp3) is 0.667. The number of nitrogens with two attached hydrogens (primary N) is 1. The zero-order chi connectivity index (χ0) is 14.8. The van der Waals surface area contributed by atoms with Gasteiger partial charge in [0.15, 0.2) is 0 Å². The quantitative estimate of drug-likeness (QED) is 0.927. The fourth-order valence-corrected chi connectivity index (χ4v) is 4.06. The van der Waals surface area contributed by atoms with Crippen molar-refractivity contribution in [3.8, 4) is 0 Å². The molecule has 3 atom stereocenters. The van der Waals surface area contributed by atoms with Crippen molar-refractivity contribution in [2.24, 2.45) is 5.73 Å². The Kier molecular flexibility index (Phi) is 4.63. The van der Waals surface area contributed by atoms with E-state index in [-0.39, 0.29) is 0 Å². The highest BCUT2D eigenvalue weighted by molar-refractivity contribution is 5.25. The van der Waals surface area contributed by atoms with Gasteiger partial charge in [0.1, 0.15) is 0 Å². The molecule has 3 unspecified atom stereocenters. The lowest BCUT2D eigenvalue weighted by molar-refractivity contribution is -0.00666. The molecule has 0 radical (unpaired) electrons. The third kappa shape index (κ3) is 3.15. The number of fused-ring (bicyclic) bond motifs is 1. The number of piperidine rings is 1. The maximum Gasteiger partial charge on any atom is 0.0474 e. The van der Waals surface area contributed by atoms with Gasteiger partial charge in [0.05, 0.1) is 0 Å². The van der Waals surface area contributed by atoms with E-state index in [0.717, 1.165) is 6.04 Å². The summed E-state index contributed by atoms with van der Waals surface area (Å²) >= 11 is 0. The van der Waals surface area contributed by atoms with Crippen LogP contribution in [0.5, 0.6) is 0 Å². The maximum atomic E-state index is 6.15. The highest BCUT2D eigenvalue weighted by Crippen LogP contribution is 2.30. The Morgan fingerprint density at radius 1 is 1.19 bits per heavy atom. The summed E-state index contributed by atoms with van der Waals surface area (Å²) in [4.78, 5) is 5.35. The first kappa shape index (κ1) is 15.0. The number of hydrogen-bond donors (Lipinski definition) is 1. The molecule has 2 fully saturated rings. The SMILES string of the molecule is Cc1ccc(C(CN)N2CC3CCCCN3CC2C)cc1. The molecule has 1 aromatic carbocycles. The molecule has 3 heteroatoms. The molecule has 0 aliphatic carbocycles. The van der Waals surface area contributed by atoms with Crippen LogP contribution in [0.1, 0.15) is 43.4 Å². The van der Waals surface area contributed by atoms with Crippen LogP contribution < -0.4 is 5.73 Å². The Morgan fingerprint density at radius 2 is 1.95 bits per heavy atom. The lowest BCUT2D eigenvalue weighted by Crippen LogP contribution is -2.60. The summed E-state index contributed by atoms with van der Waals surface area (Å²) in [6.45, 7) is 8.89. The van der Waals surface area contributed by atoms with E-state index in [1.54, 1.807) is 0 Å². The van der Waals surface area contributed by atoms with Crippen molar-refractivity contribution in [3.63, 3.8) is 0 Å². The summed E-state index contributed by atoms with van der Waals surface area (Å²) in [5.74, 6) is 0. The molecule has 0 spiro atoms. The summed E-state index contributed by atoms with van der Waals surface area (Å²) < 4.78 is 0. The van der Waals surface area contributed by atoms with Gasteiger partial charge in [0.2, 0.25) is 0 Å². The minimum atomic E-state index is 0.365. The van der Waals surface area contributed by atoms with E-state index in [9.17, 15) is 0 Å². The minimum absolute atomic E-state index is 0.365. The normalized spacial score (nSPS) is 29.1. The highest BCUT2D eigenvalue weighted by atomic mass is 15.3. The molecule has 0 saturated carbocycles. The number of benzene rings is 1. The van der Waals surface area contributed by atoms with Crippen molar-refractivity contribution in [3.05, 3.63) is 35.4 Å². The van der Waals surface area contributed by atoms with E-state index < -0.39 is 0 Å². The average Bonchev–Trinajstić information content (AvgIpc) is 2.50. The standard InChI is InChI=1S/C18H29N3/c1-14-6-8-16(9-7-14)18(11-19)21-13-17-5-3-4-10-20(17)12-15(21)2/h6-9,15,17-18H,3-5,10-13,19H2,1-2H3. The van der Waals surface area contributed by atoms with Crippen LogP contribution in [0, 0.1) is 6.92 Å². The van der Waals surface area contributed by atoms with Crippen LogP contribution in [0.3, 0.4) is 0 Å². The third-order valence-corrected chi connectivity index (χ3v) is 5.32. The number of nitrogens with zero attached hydrogens (tertiary/aromatic N) is 2. The van der Waals surface area contributed by atoms with Gasteiger partial charge in [0, 0.05) is 37.8 Å². The molecule has 1 aromatic rings. The van der Waals surface area contributed by atoms with Gasteiger partial charge >= 0.3 is 0 Å². The largest absolute Gasteiger partial charge is 0.329 e. The number of aryl methyl sites for hydroxylation is 1. The van der Waals surface area contributed by atoms with E-state index in [1.165, 1.54) is 50.0 Å². The first-order valence-electron chi connectivity index (χ1n) is 8.45. The van der Waals surface area contributed by atoms with E-state index >= 15 is 0 Å². The Hall–Kier alpha value is -0.900. The molecule has 2 aliphatic rings. The lowest BCUT2D eigenvalue weighted by atomic mass is 9.94. The van der Waals surface area contributed by atoms with Gasteiger partial charge in [-0.2, -0.15) is 0 Å². The molecule has 2 aliphatic heterocycles. The molecular weight excluding hydrogens is 258 g/mol. The molecule has 0 amide bonds. The monoisotopic (exact) mass is 287 g/mol. The van der Waals surface area contributed by atoms with Crippen molar-refractivity contribution in [1.82, 2.24) is 9.80 Å². The zero-order valence-corrected chi connectivity index (χ0v) is 13.5. The van der Waals surface area contributed by atoms with Crippen molar-refractivity contribution in [1.29, 1.82) is 0 Å². The lowest BCUT2D eigenvalue weighted by Gasteiger charge is -2.50. The topological polar surface area (TPSA) is 32.5 Å². The maximum absolute atomic E-state index is 6.15. The molecule has 0 aromatic heterocycles. The zero-order valence-electron chi connectivity index (χ0n) is 13.5. The molecule has 2 heterocycles. The van der Waals surface area contributed by atoms with Gasteiger partial charge in [-0.1, -0.05) is 36.2 Å². The first-order chi connectivity index (χ1) is 10.2. The first-order valence-corrected chi connectivity index (χ1v) is 8.45. The molecular formula is C18H29N3. The Bertz CT molecular complexity index is 456. The second kappa shape index (κ2) is 6.47. The van der Waals surface area contributed by atoms with Gasteiger partial charge in [0.25, 0.3) is 0 Å². The summed E-state index contributed by atoms with van der Waals surface area (Å²) in [6, 6.07) is 10.6. The molecule has 21 heavy (non-hydrogen) atoms. The van der Waals surface area contributed by atoms with Gasteiger partial charge in [-0.3, -0.25) is 9.80 Å². The van der Waals surface area contributed by atoms with E-state index in [4.69, 9.17) is 5.73 Å². The third-order valence-electron chi connectivity index (χ3n) is 5.32. The van der Waals surface area contributed by atoms with Crippen molar-refractivity contribution in [2.45, 2.75) is 51.2 Å². The van der Waals surface area contributed by atoms with E-state index in [1.807, 2.05) is 0 Å². The van der Waals surface area contributed by atoms with Crippen LogP contribution in [-0.4, -0.2) is 48.1 Å². The minimum Gasteiger partial charge on any atom is -0.329 e. The molecule has 0 bridgehead atoms. The number of piperazine rings is 1. The summed E-state index contributed by atoms with van der Waals surface area (Å²) in [7, 11) is 0. The van der Waals surface area contributed by atoms with Crippen LogP contribution in [0.2, 0.25) is 0 Å². The van der Waals surface area contributed by atoms with Gasteiger partial charge in [-0.15, -0.1) is 0 Å². The molecule has 2 N–H and O–H groups in total. The Morgan fingerprint density at radius 3 is 2.67 bits per heavy atom. The second-order valence-electron chi connectivity index (χ2n) is 6.85. The van der Waals surface area contributed by atoms with Crippen molar-refractivity contribution in [2.75, 3.05) is 26.2 Å². The molecule has 2 saturated heterocycles. The van der Waals surface area contributed by atoms with Gasteiger partial charge in [-0.25, -0.2) is 0 Å². The summed E-state index contributed by atoms with van der Waals surface area (Å²) in [5.41, 5.74) is 8.84. The number of hydrogen-bond acceptors (Lipinski definition) is 3. The van der Waals surface area contributed by atoms with Crippen molar-refractivity contribution >= 4 is 0 Å². The molecule has 3 nitrogen and oxygen atoms in total. The van der Waals surface area contributed by atoms with E-state index in [2.05, 4.69) is 47.9 Å². The van der Waals surface area contributed by atoms with E-state index in [0.29, 0.717) is 18.6 Å². The van der Waals surface area contributed by atoms with Crippen LogP contribution in [0.25, 0.3) is 0 Å². The predicted octanol–water partition coefficient (Wildman–Crippen LogP) is 2.55. The summed E-state index contributed by atoms with van der Waals surface area (Å²) in [5, 5.41) is 0. The average molecular weight is 287 g/mol. The van der Waals surface area contributed by atoms with Gasteiger partial charge in [-0.05, 0) is 38.8 Å². The van der Waals surface area contributed by atoms with Crippen LogP contribution >= 0.6 is 0 Å². The smallest absolute Gasteiger partial charge is 0.0474 e. The summed E-state index contributed by atoms with van der Waals surface area (Å²) in [6.07, 6.45) is 4.12. The Labute approximate surface area is 129 Å². The second-order valence-corrected chi connectivity index (χ2v) is 6.85. The van der Waals surface area contributed by atoms with Crippen LogP contribution in [-0.2, 0) is 0 Å². The number of rotatable bonds is 3. The van der Waals surface area contributed by atoms with Crippen LogP contribution in [0.15, 0.2) is 24.3 Å². The predicted molar refractivity (Wildman–Crippen MR) is 88.4 cm³/mol. The molecule has 3 rings (SSSR count). The van der Waals surface area contributed by atoms with Crippen LogP contribution in [0.4, 0.5) is 0 Å². The Balaban J connectivity index is 1.78.